The number of rotatable bonds is 4. The Balaban J connectivity index is 2.08. The van der Waals surface area contributed by atoms with Crippen LogP contribution in [0.2, 0.25) is 0 Å². The highest BCUT2D eigenvalue weighted by molar-refractivity contribution is 5.44. The summed E-state index contributed by atoms with van der Waals surface area (Å²) in [5.74, 6) is 2.53. The maximum Gasteiger partial charge on any atom is 0.161 e. The van der Waals surface area contributed by atoms with Gasteiger partial charge >= 0.3 is 0 Å². The fourth-order valence-electron chi connectivity index (χ4n) is 2.13. The van der Waals surface area contributed by atoms with E-state index in [-0.39, 0.29) is 0 Å². The van der Waals surface area contributed by atoms with Gasteiger partial charge in [0.1, 0.15) is 0 Å². The van der Waals surface area contributed by atoms with Gasteiger partial charge in [0.05, 0.1) is 19.3 Å². The van der Waals surface area contributed by atoms with E-state index in [4.69, 9.17) is 9.47 Å². The molecule has 3 nitrogen and oxygen atoms in total. The molecule has 1 aliphatic rings. The van der Waals surface area contributed by atoms with Crippen LogP contribution in [0.1, 0.15) is 45.3 Å². The second-order valence-electron chi connectivity index (χ2n) is 5.92. The molecule has 0 aliphatic carbocycles. The molecule has 106 valence electrons. The molecule has 1 aromatic carbocycles. The molecule has 0 amide bonds. The van der Waals surface area contributed by atoms with Crippen LogP contribution in [0.4, 0.5) is 0 Å². The highest BCUT2D eigenvalue weighted by Gasteiger charge is 2.17. The Bertz CT molecular complexity index is 414. The zero-order valence-electron chi connectivity index (χ0n) is 12.1. The Hall–Kier alpha value is -1.22. The average molecular weight is 264 g/mol. The minimum atomic E-state index is -0.419. The smallest absolute Gasteiger partial charge is 0.161 e. The minimum absolute atomic E-state index is 0.390. The largest absolute Gasteiger partial charge is 0.489 e. The van der Waals surface area contributed by atoms with Gasteiger partial charge in [-0.15, -0.1) is 0 Å². The summed E-state index contributed by atoms with van der Waals surface area (Å²) in [5, 5.41) is 10.2. The molecule has 19 heavy (non-hydrogen) atoms. The molecule has 0 fully saturated rings. The van der Waals surface area contributed by atoms with E-state index in [2.05, 4.69) is 20.8 Å². The van der Waals surface area contributed by atoms with Crippen molar-refractivity contribution in [2.75, 3.05) is 13.2 Å². The van der Waals surface area contributed by atoms with Gasteiger partial charge in [0, 0.05) is 5.92 Å². The summed E-state index contributed by atoms with van der Waals surface area (Å²) in [4.78, 5) is 0. The summed E-state index contributed by atoms with van der Waals surface area (Å²) in [5.41, 5.74) is 0.914. The first-order chi connectivity index (χ1) is 9.06. The molecule has 0 spiro atoms. The van der Waals surface area contributed by atoms with Gasteiger partial charge in [-0.25, -0.2) is 0 Å². The molecule has 1 aromatic rings. The molecule has 3 heteroatoms. The third-order valence-electron chi connectivity index (χ3n) is 3.42. The molecule has 2 unspecified atom stereocenters. The molecule has 1 aliphatic heterocycles. The number of hydrogen-bond donors (Lipinski definition) is 1. The highest BCUT2D eigenvalue weighted by atomic mass is 16.5. The number of benzene rings is 1. The van der Waals surface area contributed by atoms with Gasteiger partial charge in [0.2, 0.25) is 0 Å². The van der Waals surface area contributed by atoms with E-state index >= 15 is 0 Å². The number of hydrogen-bond acceptors (Lipinski definition) is 3. The molecule has 0 saturated carbocycles. The fraction of sp³-hybridized carbons (Fsp3) is 0.625. The molecule has 2 rings (SSSR count). The van der Waals surface area contributed by atoms with E-state index in [1.54, 1.807) is 0 Å². The van der Waals surface area contributed by atoms with Gasteiger partial charge in [0.15, 0.2) is 11.5 Å². The lowest BCUT2D eigenvalue weighted by Gasteiger charge is -2.15. The molecular weight excluding hydrogens is 240 g/mol. The Kier molecular flexibility index (Phi) is 4.70. The predicted octanol–water partition coefficient (Wildman–Crippen LogP) is 3.56. The third kappa shape index (κ3) is 3.87. The van der Waals surface area contributed by atoms with Crippen molar-refractivity contribution in [1.82, 2.24) is 0 Å². The van der Waals surface area contributed by atoms with Gasteiger partial charge in [-0.1, -0.05) is 26.8 Å². The van der Waals surface area contributed by atoms with Crippen molar-refractivity contribution in [2.45, 2.75) is 39.7 Å². The van der Waals surface area contributed by atoms with Gasteiger partial charge in [-0.3, -0.25) is 0 Å². The van der Waals surface area contributed by atoms with Crippen LogP contribution in [0, 0.1) is 11.8 Å². The van der Waals surface area contributed by atoms with Crippen molar-refractivity contribution in [3.8, 4) is 11.5 Å². The van der Waals surface area contributed by atoms with E-state index in [1.165, 1.54) is 0 Å². The Morgan fingerprint density at radius 3 is 2.53 bits per heavy atom. The molecule has 1 N–H and O–H groups in total. The van der Waals surface area contributed by atoms with Gasteiger partial charge in [0.25, 0.3) is 0 Å². The van der Waals surface area contributed by atoms with Crippen LogP contribution in [0.3, 0.4) is 0 Å². The molecule has 0 bridgehead atoms. The Labute approximate surface area is 115 Å². The van der Waals surface area contributed by atoms with Crippen LogP contribution in [0.5, 0.6) is 11.5 Å². The first kappa shape index (κ1) is 14.2. The Morgan fingerprint density at radius 2 is 1.84 bits per heavy atom. The number of aliphatic hydroxyl groups is 1. The molecule has 0 radical (unpaired) electrons. The predicted molar refractivity (Wildman–Crippen MR) is 75.6 cm³/mol. The standard InChI is InChI=1S/C16H24O3/c1-11(2)4-6-14(17)13-5-7-15-16(8-13)19-10-12(3)9-18-15/h5,7-8,11-12,14,17H,4,6,9-10H2,1-3H3. The monoisotopic (exact) mass is 264 g/mol. The Morgan fingerprint density at radius 1 is 1.16 bits per heavy atom. The van der Waals surface area contributed by atoms with Crippen LogP contribution >= 0.6 is 0 Å². The topological polar surface area (TPSA) is 38.7 Å². The molecule has 0 saturated heterocycles. The third-order valence-corrected chi connectivity index (χ3v) is 3.42. The fourth-order valence-corrected chi connectivity index (χ4v) is 2.13. The summed E-state index contributed by atoms with van der Waals surface area (Å²) in [6.07, 6.45) is 1.39. The summed E-state index contributed by atoms with van der Waals surface area (Å²) >= 11 is 0. The van der Waals surface area contributed by atoms with Crippen molar-refractivity contribution in [1.29, 1.82) is 0 Å². The molecular formula is C16H24O3. The van der Waals surface area contributed by atoms with E-state index < -0.39 is 6.10 Å². The number of fused-ring (bicyclic) bond motifs is 1. The lowest BCUT2D eigenvalue weighted by molar-refractivity contribution is 0.158. The zero-order chi connectivity index (χ0) is 13.8. The van der Waals surface area contributed by atoms with Crippen LogP contribution < -0.4 is 9.47 Å². The van der Waals surface area contributed by atoms with Gasteiger partial charge in [-0.2, -0.15) is 0 Å². The van der Waals surface area contributed by atoms with Crippen molar-refractivity contribution in [3.05, 3.63) is 23.8 Å². The van der Waals surface area contributed by atoms with Crippen molar-refractivity contribution < 1.29 is 14.6 Å². The van der Waals surface area contributed by atoms with Gasteiger partial charge < -0.3 is 14.6 Å². The maximum atomic E-state index is 10.2. The highest BCUT2D eigenvalue weighted by Crippen LogP contribution is 2.34. The number of ether oxygens (including phenoxy) is 2. The first-order valence-corrected chi connectivity index (χ1v) is 7.14. The van der Waals surface area contributed by atoms with Crippen LogP contribution in [-0.2, 0) is 0 Å². The van der Waals surface area contributed by atoms with Crippen molar-refractivity contribution in [3.63, 3.8) is 0 Å². The molecule has 2 atom stereocenters. The maximum absolute atomic E-state index is 10.2. The van der Waals surface area contributed by atoms with Gasteiger partial charge in [-0.05, 0) is 36.5 Å². The lowest BCUT2D eigenvalue weighted by atomic mass is 9.99. The quantitative estimate of drug-likeness (QED) is 0.903. The number of aliphatic hydroxyl groups excluding tert-OH is 1. The summed E-state index contributed by atoms with van der Waals surface area (Å²) in [7, 11) is 0. The van der Waals surface area contributed by atoms with Crippen molar-refractivity contribution in [2.24, 2.45) is 11.8 Å². The molecule has 1 heterocycles. The van der Waals surface area contributed by atoms with E-state index in [0.717, 1.165) is 29.9 Å². The first-order valence-electron chi connectivity index (χ1n) is 7.14. The van der Waals surface area contributed by atoms with Crippen molar-refractivity contribution >= 4 is 0 Å². The van der Waals surface area contributed by atoms with E-state index in [1.807, 2.05) is 18.2 Å². The summed E-state index contributed by atoms with van der Waals surface area (Å²) in [6, 6.07) is 5.75. The second kappa shape index (κ2) is 6.29. The van der Waals surface area contributed by atoms with Crippen LogP contribution in [0.25, 0.3) is 0 Å². The minimum Gasteiger partial charge on any atom is -0.489 e. The summed E-state index contributed by atoms with van der Waals surface area (Å²) in [6.45, 7) is 7.79. The lowest BCUT2D eigenvalue weighted by Crippen LogP contribution is -2.12. The van der Waals surface area contributed by atoms with Crippen LogP contribution in [-0.4, -0.2) is 18.3 Å². The molecule has 0 aromatic heterocycles. The average Bonchev–Trinajstić information content (AvgIpc) is 2.58. The zero-order valence-corrected chi connectivity index (χ0v) is 12.1. The van der Waals surface area contributed by atoms with E-state index in [9.17, 15) is 5.11 Å². The van der Waals surface area contributed by atoms with Crippen LogP contribution in [0.15, 0.2) is 18.2 Å². The second-order valence-corrected chi connectivity index (χ2v) is 5.92. The summed E-state index contributed by atoms with van der Waals surface area (Å²) < 4.78 is 11.4. The van der Waals surface area contributed by atoms with E-state index in [0.29, 0.717) is 25.0 Å². The normalized spacial score (nSPS) is 20.2. The SMILES string of the molecule is CC(C)CCC(O)c1ccc2c(c1)OCC(C)CO2.